The Hall–Kier alpha value is -4.29. The van der Waals surface area contributed by atoms with E-state index in [1.807, 2.05) is 24.3 Å². The molecule has 9 nitrogen and oxygen atoms in total. The number of nitrogens with zero attached hydrogens (tertiary/aromatic N) is 4. The topological polar surface area (TPSA) is 137 Å². The zero-order chi connectivity index (χ0) is 28.9. The van der Waals surface area contributed by atoms with Gasteiger partial charge in [-0.25, -0.2) is 19.7 Å². The van der Waals surface area contributed by atoms with Gasteiger partial charge in [-0.15, -0.1) is 5.11 Å². The van der Waals surface area contributed by atoms with Crippen molar-refractivity contribution in [2.45, 2.75) is 32.2 Å². The van der Waals surface area contributed by atoms with Crippen LogP contribution < -0.4 is 16.0 Å². The number of hydrogen-bond acceptors (Lipinski definition) is 5. The third-order valence-electron chi connectivity index (χ3n) is 6.58. The molecule has 0 atom stereocenters. The molecule has 12 heteroatoms. The van der Waals surface area contributed by atoms with Gasteiger partial charge in [-0.3, -0.25) is 15.0 Å². The molecule has 1 aromatic heterocycles. The Labute approximate surface area is 247 Å². The van der Waals surface area contributed by atoms with Crippen LogP contribution in [-0.4, -0.2) is 22.9 Å². The van der Waals surface area contributed by atoms with E-state index in [4.69, 9.17) is 11.3 Å². The monoisotopic (exact) mass is 633 g/mol. The van der Waals surface area contributed by atoms with Gasteiger partial charge in [0.2, 0.25) is 5.96 Å². The quantitative estimate of drug-likeness (QED) is 0.113. The maximum Gasteiger partial charge on any atom is 0.328 e. The predicted octanol–water partition coefficient (Wildman–Crippen LogP) is 7.88. The van der Waals surface area contributed by atoms with Gasteiger partial charge in [0.05, 0.1) is 16.8 Å². The molecule has 0 fully saturated rings. The Kier molecular flexibility index (Phi) is 8.60. The Morgan fingerprint density at radius 3 is 2.56 bits per heavy atom. The van der Waals surface area contributed by atoms with Gasteiger partial charge in [-0.2, -0.15) is 4.99 Å². The number of carbonyl (C=O) groups excluding carboxylic acids is 2. The van der Waals surface area contributed by atoms with Crippen LogP contribution in [0.5, 0.6) is 0 Å². The first-order chi connectivity index (χ1) is 19.8. The third kappa shape index (κ3) is 6.72. The van der Waals surface area contributed by atoms with E-state index < -0.39 is 23.7 Å². The highest BCUT2D eigenvalue weighted by Crippen LogP contribution is 2.32. The third-order valence-corrected chi connectivity index (χ3v) is 8.03. The molecule has 0 radical (unpaired) electrons. The van der Waals surface area contributed by atoms with Crippen molar-refractivity contribution in [3.8, 4) is 0 Å². The van der Waals surface area contributed by atoms with Crippen LogP contribution in [0.4, 0.5) is 20.0 Å². The average Bonchev–Trinajstić information content (AvgIpc) is 3.39. The molecule has 4 aromatic rings. The van der Waals surface area contributed by atoms with Crippen LogP contribution in [-0.2, 0) is 6.54 Å². The Morgan fingerprint density at radius 1 is 1.12 bits per heavy atom. The second-order valence-corrected chi connectivity index (χ2v) is 11.3. The van der Waals surface area contributed by atoms with Gasteiger partial charge in [0.1, 0.15) is 5.82 Å². The number of nitrogens with two attached hydrogens (primary N) is 1. The van der Waals surface area contributed by atoms with Gasteiger partial charge in [0.25, 0.3) is 5.91 Å². The number of carbonyl (C=O) groups is 2. The van der Waals surface area contributed by atoms with Crippen LogP contribution in [0.25, 0.3) is 15.8 Å². The van der Waals surface area contributed by atoms with Gasteiger partial charge in [-0.05, 0) is 78.8 Å². The molecule has 0 unspecified atom stereocenters. The second-order valence-electron chi connectivity index (χ2n) is 9.38. The van der Waals surface area contributed by atoms with Crippen molar-refractivity contribution in [1.29, 1.82) is 5.53 Å². The van der Waals surface area contributed by atoms with Crippen LogP contribution in [0.1, 0.15) is 47.2 Å². The summed E-state index contributed by atoms with van der Waals surface area (Å²) >= 11 is 4.33. The molecule has 0 spiro atoms. The van der Waals surface area contributed by atoms with E-state index in [-0.39, 0.29) is 17.2 Å². The minimum Gasteiger partial charge on any atom is -0.366 e. The first-order valence-electron chi connectivity index (χ1n) is 12.8. The molecule has 0 aliphatic heterocycles. The molecule has 4 N–H and O–H groups in total. The van der Waals surface area contributed by atoms with Crippen molar-refractivity contribution in [3.63, 3.8) is 0 Å². The normalized spacial score (nSPS) is 13.5. The highest BCUT2D eigenvalue weighted by molar-refractivity contribution is 9.10. The molecule has 3 aromatic carbocycles. The molecular formula is C29H25BrFN7O2S. The summed E-state index contributed by atoms with van der Waals surface area (Å²) in [5.41, 5.74) is 16.8. The Morgan fingerprint density at radius 2 is 1.88 bits per heavy atom. The van der Waals surface area contributed by atoms with E-state index in [1.54, 1.807) is 35.2 Å². The van der Waals surface area contributed by atoms with Crippen molar-refractivity contribution < 1.29 is 14.0 Å². The number of urea groups is 1. The lowest BCUT2D eigenvalue weighted by Gasteiger charge is -2.23. The molecule has 0 saturated carbocycles. The molecule has 3 amide bonds. The lowest BCUT2D eigenvalue weighted by atomic mass is 9.93. The summed E-state index contributed by atoms with van der Waals surface area (Å²) in [5.74, 6) is -1.48. The number of halogens is 2. The van der Waals surface area contributed by atoms with Gasteiger partial charge in [0.15, 0.2) is 5.13 Å². The highest BCUT2D eigenvalue weighted by Gasteiger charge is 2.20. The number of thiazole rings is 1. The number of amides is 3. The number of allylic oxidation sites excluding steroid dienone is 2. The van der Waals surface area contributed by atoms with E-state index in [2.05, 4.69) is 42.4 Å². The van der Waals surface area contributed by atoms with Gasteiger partial charge >= 0.3 is 6.03 Å². The fourth-order valence-electron chi connectivity index (χ4n) is 4.54. The molecule has 208 valence electrons. The maximum atomic E-state index is 14.4. The largest absolute Gasteiger partial charge is 0.366 e. The fraction of sp³-hybridized carbons (Fsp3) is 0.172. The number of aliphatic imine (C=N–C) groups is 1. The van der Waals surface area contributed by atoms with Gasteiger partial charge in [0, 0.05) is 15.7 Å². The summed E-state index contributed by atoms with van der Waals surface area (Å²) in [5, 5.41) is 6.02. The number of hydrogen-bond donors (Lipinski definition) is 3. The first kappa shape index (κ1) is 28.2. The van der Waals surface area contributed by atoms with Crippen LogP contribution in [0.3, 0.4) is 0 Å². The molecule has 1 heterocycles. The van der Waals surface area contributed by atoms with Crippen molar-refractivity contribution >= 4 is 71.8 Å². The number of nitrogens with one attached hydrogen (secondary N) is 2. The van der Waals surface area contributed by atoms with Gasteiger partial charge in [-0.1, -0.05) is 57.6 Å². The molecule has 0 saturated heterocycles. The fourth-order valence-corrected chi connectivity index (χ4v) is 5.80. The molecule has 5 rings (SSSR count). The summed E-state index contributed by atoms with van der Waals surface area (Å²) in [6.07, 6.45) is 6.73. The van der Waals surface area contributed by atoms with Crippen molar-refractivity contribution in [2.24, 2.45) is 15.8 Å². The van der Waals surface area contributed by atoms with E-state index in [0.717, 1.165) is 41.7 Å². The van der Waals surface area contributed by atoms with Crippen molar-refractivity contribution in [1.82, 2.24) is 4.98 Å². The number of rotatable bonds is 6. The molecule has 41 heavy (non-hydrogen) atoms. The Balaban J connectivity index is 1.42. The standard InChI is InChI=1S/C29H25BrFN7O2S/c30-21-14-23(31)25-24(15-21)34-28(41-25)36-29(40)38(22-12-10-19(11-13-22)18-4-2-1-3-5-18)16-17-6-8-20(9-7-17)26(39)35-27(32)37-33/h4,6-15,33H,1-3,5,16H2,(H2,32,35,39)(H,34,36,40). The predicted molar refractivity (Wildman–Crippen MR) is 163 cm³/mol. The molecule has 1 aliphatic rings. The number of guanidine groups is 1. The number of benzene rings is 3. The SMILES string of the molecule is N=NC(N)=NC(=O)c1ccc(CN(C(=O)Nc2nc3cc(Br)cc(F)c3s2)c2ccc(C3=CCCCC3)cc2)cc1. The van der Waals surface area contributed by atoms with Gasteiger partial charge < -0.3 is 5.73 Å². The summed E-state index contributed by atoms with van der Waals surface area (Å²) < 4.78 is 15.3. The lowest BCUT2D eigenvalue weighted by Crippen LogP contribution is -2.34. The van der Waals surface area contributed by atoms with E-state index in [9.17, 15) is 14.0 Å². The van der Waals surface area contributed by atoms with E-state index in [0.29, 0.717) is 20.4 Å². The van der Waals surface area contributed by atoms with Crippen LogP contribution in [0.15, 0.2) is 81.3 Å². The van der Waals surface area contributed by atoms with Crippen molar-refractivity contribution in [2.75, 3.05) is 10.2 Å². The average molecular weight is 635 g/mol. The number of aromatic nitrogens is 1. The zero-order valence-electron chi connectivity index (χ0n) is 21.7. The smallest absolute Gasteiger partial charge is 0.328 e. The number of anilines is 2. The van der Waals surface area contributed by atoms with E-state index in [1.165, 1.54) is 18.1 Å². The lowest BCUT2D eigenvalue weighted by molar-refractivity contribution is 0.100. The summed E-state index contributed by atoms with van der Waals surface area (Å²) in [6.45, 7) is 0.181. The summed E-state index contributed by atoms with van der Waals surface area (Å²) in [7, 11) is 0. The minimum absolute atomic E-state index is 0.181. The van der Waals surface area contributed by atoms with Crippen LogP contribution >= 0.6 is 27.3 Å². The highest BCUT2D eigenvalue weighted by atomic mass is 79.9. The first-order valence-corrected chi connectivity index (χ1v) is 14.4. The summed E-state index contributed by atoms with van der Waals surface area (Å²) in [6, 6.07) is 17.0. The van der Waals surface area contributed by atoms with Crippen LogP contribution in [0.2, 0.25) is 0 Å². The minimum atomic E-state index is -0.623. The summed E-state index contributed by atoms with van der Waals surface area (Å²) in [4.78, 5) is 35.3. The van der Waals surface area contributed by atoms with Crippen molar-refractivity contribution in [3.05, 3.63) is 93.7 Å². The molecule has 0 bridgehead atoms. The zero-order valence-corrected chi connectivity index (χ0v) is 24.1. The molecular weight excluding hydrogens is 609 g/mol. The molecule has 1 aliphatic carbocycles. The van der Waals surface area contributed by atoms with Crippen LogP contribution in [0, 0.1) is 11.3 Å². The number of fused-ring (bicyclic) bond motifs is 1. The van der Waals surface area contributed by atoms with E-state index >= 15 is 0 Å². The Bertz CT molecular complexity index is 1680. The second kappa shape index (κ2) is 12.5. The maximum absolute atomic E-state index is 14.4.